The Kier molecular flexibility index (Phi) is 5.30. The highest BCUT2D eigenvalue weighted by Gasteiger charge is 2.19. The van der Waals surface area contributed by atoms with E-state index < -0.39 is 0 Å². The summed E-state index contributed by atoms with van der Waals surface area (Å²) in [7, 11) is 0. The lowest BCUT2D eigenvalue weighted by Crippen LogP contribution is -2.25. The lowest BCUT2D eigenvalue weighted by molar-refractivity contribution is -0.500. The summed E-state index contributed by atoms with van der Waals surface area (Å²) >= 11 is 0. The van der Waals surface area contributed by atoms with E-state index in [2.05, 4.69) is 0 Å². The van der Waals surface area contributed by atoms with Crippen LogP contribution in [0.15, 0.2) is 54.6 Å². The van der Waals surface area contributed by atoms with Gasteiger partial charge in [-0.3, -0.25) is 0 Å². The second-order valence-corrected chi connectivity index (χ2v) is 6.12. The van der Waals surface area contributed by atoms with Gasteiger partial charge in [0.2, 0.25) is 0 Å². The topological polar surface area (TPSA) is 35.3 Å². The highest BCUT2D eigenvalue weighted by molar-refractivity contribution is 5.75. The summed E-state index contributed by atoms with van der Waals surface area (Å²) in [6.07, 6.45) is 7.33. The van der Waals surface area contributed by atoms with Gasteiger partial charge in [-0.05, 0) is 42.7 Å². The van der Waals surface area contributed by atoms with Crippen molar-refractivity contribution in [3.63, 3.8) is 0 Å². The van der Waals surface area contributed by atoms with E-state index in [0.717, 1.165) is 34.5 Å². The minimum Gasteiger partial charge on any atom is -0.624 e. The lowest BCUT2D eigenvalue weighted by atomic mass is 9.96. The van der Waals surface area contributed by atoms with Crippen molar-refractivity contribution >= 4 is 6.21 Å². The molecule has 3 rings (SSSR count). The number of ether oxygens (including phenoxy) is 1. The Labute approximate surface area is 137 Å². The van der Waals surface area contributed by atoms with Crippen LogP contribution in [0, 0.1) is 5.21 Å². The fourth-order valence-corrected chi connectivity index (χ4v) is 2.98. The summed E-state index contributed by atoms with van der Waals surface area (Å²) in [5, 5.41) is 12.2. The van der Waals surface area contributed by atoms with Gasteiger partial charge in [0.15, 0.2) is 12.3 Å². The normalized spacial score (nSPS) is 16.3. The molecule has 0 amide bonds. The van der Waals surface area contributed by atoms with Crippen LogP contribution in [0.2, 0.25) is 0 Å². The van der Waals surface area contributed by atoms with E-state index in [1.54, 1.807) is 6.21 Å². The monoisotopic (exact) mass is 309 g/mol. The number of hydrogen-bond donors (Lipinski definition) is 0. The van der Waals surface area contributed by atoms with Crippen molar-refractivity contribution in [1.29, 1.82) is 0 Å². The molecule has 0 heterocycles. The Morgan fingerprint density at radius 3 is 2.35 bits per heavy atom. The number of hydrogen-bond acceptors (Lipinski definition) is 2. The molecule has 0 aromatic heterocycles. The molecule has 0 bridgehead atoms. The molecule has 0 N–H and O–H groups in total. The fourth-order valence-electron chi connectivity index (χ4n) is 2.98. The van der Waals surface area contributed by atoms with Gasteiger partial charge in [0.1, 0.15) is 12.4 Å². The summed E-state index contributed by atoms with van der Waals surface area (Å²) in [5.74, 6) is 0.820. The minimum absolute atomic E-state index is 0.151. The fraction of sp³-hybridized carbons (Fsp3) is 0.350. The van der Waals surface area contributed by atoms with Crippen LogP contribution in [-0.2, 0) is 6.61 Å². The van der Waals surface area contributed by atoms with Crippen LogP contribution >= 0.6 is 0 Å². The van der Waals surface area contributed by atoms with Gasteiger partial charge in [-0.15, -0.1) is 0 Å². The summed E-state index contributed by atoms with van der Waals surface area (Å²) in [6, 6.07) is 18.0. The van der Waals surface area contributed by atoms with E-state index in [0.29, 0.717) is 6.61 Å². The predicted molar refractivity (Wildman–Crippen MR) is 92.9 cm³/mol. The zero-order valence-corrected chi connectivity index (χ0v) is 13.4. The van der Waals surface area contributed by atoms with Crippen LogP contribution in [0.3, 0.4) is 0 Å². The van der Waals surface area contributed by atoms with Gasteiger partial charge in [0.25, 0.3) is 0 Å². The Morgan fingerprint density at radius 1 is 0.957 bits per heavy atom. The standard InChI is InChI=1S/C20H23NO2/c22-21(19-9-5-2-6-10-19)15-17-11-13-20(14-12-17)23-16-18-7-3-1-4-8-18/h1,3-4,7-8,11-15,19H,2,5-6,9-10,16H2. The third-order valence-electron chi connectivity index (χ3n) is 4.34. The maximum atomic E-state index is 12.2. The molecular weight excluding hydrogens is 286 g/mol. The molecule has 0 spiro atoms. The van der Waals surface area contributed by atoms with E-state index in [4.69, 9.17) is 4.74 Å². The molecule has 3 nitrogen and oxygen atoms in total. The Hall–Kier alpha value is -2.29. The highest BCUT2D eigenvalue weighted by Crippen LogP contribution is 2.20. The van der Waals surface area contributed by atoms with Gasteiger partial charge in [-0.2, -0.15) is 0 Å². The summed E-state index contributed by atoms with van der Waals surface area (Å²) in [5.41, 5.74) is 2.07. The van der Waals surface area contributed by atoms with E-state index in [-0.39, 0.29) is 6.04 Å². The average Bonchev–Trinajstić information content (AvgIpc) is 2.63. The number of benzene rings is 2. The Bertz CT molecular complexity index is 628. The maximum Gasteiger partial charge on any atom is 0.182 e. The predicted octanol–water partition coefficient (Wildman–Crippen LogP) is 4.53. The molecule has 0 atom stereocenters. The van der Waals surface area contributed by atoms with Gasteiger partial charge in [0.05, 0.1) is 0 Å². The van der Waals surface area contributed by atoms with Crippen molar-refractivity contribution in [1.82, 2.24) is 0 Å². The van der Waals surface area contributed by atoms with E-state index >= 15 is 0 Å². The first-order valence-electron chi connectivity index (χ1n) is 8.38. The zero-order chi connectivity index (χ0) is 15.9. The first-order chi connectivity index (χ1) is 11.3. The molecular formula is C20H23NO2. The molecule has 3 heteroatoms. The average molecular weight is 309 g/mol. The first kappa shape index (κ1) is 15.6. The lowest BCUT2D eigenvalue weighted by Gasteiger charge is -2.20. The summed E-state index contributed by atoms with van der Waals surface area (Å²) < 4.78 is 6.90. The van der Waals surface area contributed by atoms with Crippen LogP contribution in [-0.4, -0.2) is 17.0 Å². The number of nitrogens with zero attached hydrogens (tertiary/aromatic N) is 1. The molecule has 2 aromatic rings. The van der Waals surface area contributed by atoms with Crippen molar-refractivity contribution in [3.8, 4) is 5.75 Å². The number of rotatable bonds is 5. The van der Waals surface area contributed by atoms with Gasteiger partial charge < -0.3 is 9.94 Å². The van der Waals surface area contributed by atoms with Crippen molar-refractivity contribution in [3.05, 3.63) is 70.9 Å². The molecule has 0 saturated heterocycles. The minimum atomic E-state index is 0.151. The molecule has 0 aliphatic heterocycles. The summed E-state index contributed by atoms with van der Waals surface area (Å²) in [4.78, 5) is 0. The first-order valence-corrected chi connectivity index (χ1v) is 8.38. The van der Waals surface area contributed by atoms with Crippen molar-refractivity contribution < 1.29 is 9.48 Å². The quantitative estimate of drug-likeness (QED) is 0.352. The summed E-state index contributed by atoms with van der Waals surface area (Å²) in [6.45, 7) is 0.555. The zero-order valence-electron chi connectivity index (χ0n) is 13.4. The van der Waals surface area contributed by atoms with Gasteiger partial charge in [-0.25, -0.2) is 4.74 Å². The van der Waals surface area contributed by atoms with Crippen molar-refractivity contribution in [2.75, 3.05) is 0 Å². The maximum absolute atomic E-state index is 12.2. The van der Waals surface area contributed by atoms with Crippen LogP contribution < -0.4 is 4.74 Å². The largest absolute Gasteiger partial charge is 0.624 e. The van der Waals surface area contributed by atoms with Gasteiger partial charge in [-0.1, -0.05) is 36.8 Å². The van der Waals surface area contributed by atoms with Crippen LogP contribution in [0.25, 0.3) is 0 Å². The van der Waals surface area contributed by atoms with Gasteiger partial charge in [0, 0.05) is 18.4 Å². The molecule has 1 aliphatic rings. The van der Waals surface area contributed by atoms with Crippen molar-refractivity contribution in [2.45, 2.75) is 44.8 Å². The van der Waals surface area contributed by atoms with E-state index in [1.807, 2.05) is 54.6 Å². The molecule has 1 saturated carbocycles. The molecule has 120 valence electrons. The molecule has 0 radical (unpaired) electrons. The second kappa shape index (κ2) is 7.82. The van der Waals surface area contributed by atoms with E-state index in [1.165, 1.54) is 19.3 Å². The molecule has 1 aliphatic carbocycles. The molecule has 2 aromatic carbocycles. The van der Waals surface area contributed by atoms with Crippen LogP contribution in [0.1, 0.15) is 43.2 Å². The third-order valence-corrected chi connectivity index (χ3v) is 4.34. The third kappa shape index (κ3) is 4.59. The van der Waals surface area contributed by atoms with Gasteiger partial charge >= 0.3 is 0 Å². The second-order valence-electron chi connectivity index (χ2n) is 6.12. The SMILES string of the molecule is [O-][N+](=Cc1ccc(OCc2ccccc2)cc1)C1CCCCC1. The van der Waals surface area contributed by atoms with Crippen molar-refractivity contribution in [2.24, 2.45) is 0 Å². The number of hydroxylamine groups is 1. The Balaban J connectivity index is 1.58. The smallest absolute Gasteiger partial charge is 0.182 e. The van der Waals surface area contributed by atoms with E-state index in [9.17, 15) is 5.21 Å². The Morgan fingerprint density at radius 2 is 1.65 bits per heavy atom. The molecule has 0 unspecified atom stereocenters. The van der Waals surface area contributed by atoms with Crippen LogP contribution in [0.4, 0.5) is 0 Å². The highest BCUT2D eigenvalue weighted by atomic mass is 16.5. The molecule has 1 fully saturated rings. The molecule has 23 heavy (non-hydrogen) atoms. The van der Waals surface area contributed by atoms with Crippen LogP contribution in [0.5, 0.6) is 5.75 Å².